The lowest BCUT2D eigenvalue weighted by atomic mass is 10.1. The molecule has 18 heavy (non-hydrogen) atoms. The third-order valence-corrected chi connectivity index (χ3v) is 2.72. The molecule has 0 spiro atoms. The number of nitrogens with one attached hydrogen (secondary N) is 1. The second-order valence-electron chi connectivity index (χ2n) is 4.01. The van der Waals surface area contributed by atoms with Gasteiger partial charge in [0.05, 0.1) is 5.56 Å². The number of carboxylic acids is 1. The smallest absolute Gasteiger partial charge is 0.338 e. The van der Waals surface area contributed by atoms with Gasteiger partial charge in [-0.1, -0.05) is 13.0 Å². The van der Waals surface area contributed by atoms with Crippen LogP contribution in [0.3, 0.4) is 0 Å². The Morgan fingerprint density at radius 3 is 2.83 bits per heavy atom. The fraction of sp³-hybridized carbons (Fsp3) is 0.357. The van der Waals surface area contributed by atoms with E-state index in [2.05, 4.69) is 11.2 Å². The first-order chi connectivity index (χ1) is 8.58. The molecule has 0 amide bonds. The van der Waals surface area contributed by atoms with E-state index in [4.69, 9.17) is 11.5 Å². The van der Waals surface area contributed by atoms with Crippen molar-refractivity contribution in [1.29, 1.82) is 0 Å². The summed E-state index contributed by atoms with van der Waals surface area (Å²) in [5.41, 5.74) is 0.391. The van der Waals surface area contributed by atoms with Crippen LogP contribution in [-0.2, 0) is 6.54 Å². The SMILES string of the molecule is C#CCC(CC)NCc1ccc(C(=O)O)c(F)c1. The highest BCUT2D eigenvalue weighted by molar-refractivity contribution is 5.87. The first-order valence-electron chi connectivity index (χ1n) is 5.77. The summed E-state index contributed by atoms with van der Waals surface area (Å²) in [6, 6.07) is 4.30. The van der Waals surface area contributed by atoms with Crippen LogP contribution in [0.1, 0.15) is 35.7 Å². The Morgan fingerprint density at radius 1 is 1.61 bits per heavy atom. The van der Waals surface area contributed by atoms with Crippen molar-refractivity contribution in [3.05, 3.63) is 35.1 Å². The van der Waals surface area contributed by atoms with Crippen LogP contribution in [-0.4, -0.2) is 17.1 Å². The van der Waals surface area contributed by atoms with E-state index in [0.29, 0.717) is 18.5 Å². The highest BCUT2D eigenvalue weighted by atomic mass is 19.1. The molecule has 0 aliphatic rings. The van der Waals surface area contributed by atoms with Gasteiger partial charge in [-0.3, -0.25) is 0 Å². The van der Waals surface area contributed by atoms with Crippen LogP contribution < -0.4 is 5.32 Å². The Hall–Kier alpha value is -1.86. The second-order valence-corrected chi connectivity index (χ2v) is 4.01. The molecule has 0 aromatic heterocycles. The van der Waals surface area contributed by atoms with E-state index in [-0.39, 0.29) is 11.6 Å². The molecule has 0 saturated carbocycles. The number of halogens is 1. The third-order valence-electron chi connectivity index (χ3n) is 2.72. The molecule has 0 fully saturated rings. The Balaban J connectivity index is 2.66. The lowest BCUT2D eigenvalue weighted by Crippen LogP contribution is -2.27. The molecule has 4 heteroatoms. The molecular weight excluding hydrogens is 233 g/mol. The Morgan fingerprint density at radius 2 is 2.33 bits per heavy atom. The molecule has 0 saturated heterocycles. The predicted octanol–water partition coefficient (Wildman–Crippen LogP) is 2.42. The first-order valence-corrected chi connectivity index (χ1v) is 5.77. The van der Waals surface area contributed by atoms with Crippen LogP contribution in [0, 0.1) is 18.2 Å². The number of hydrogen-bond acceptors (Lipinski definition) is 2. The van der Waals surface area contributed by atoms with Crippen LogP contribution in [0.5, 0.6) is 0 Å². The van der Waals surface area contributed by atoms with E-state index in [1.54, 1.807) is 6.07 Å². The van der Waals surface area contributed by atoms with Gasteiger partial charge in [0.15, 0.2) is 0 Å². The molecule has 1 unspecified atom stereocenters. The van der Waals surface area contributed by atoms with Crippen molar-refractivity contribution < 1.29 is 14.3 Å². The zero-order valence-electron chi connectivity index (χ0n) is 10.2. The molecule has 0 radical (unpaired) electrons. The van der Waals surface area contributed by atoms with E-state index in [1.807, 2.05) is 6.92 Å². The summed E-state index contributed by atoms with van der Waals surface area (Å²) in [4.78, 5) is 10.7. The van der Waals surface area contributed by atoms with Crippen LogP contribution in [0.4, 0.5) is 4.39 Å². The number of hydrogen-bond donors (Lipinski definition) is 2. The number of terminal acetylenes is 1. The third kappa shape index (κ3) is 3.86. The molecule has 0 heterocycles. The van der Waals surface area contributed by atoms with Crippen LogP contribution >= 0.6 is 0 Å². The monoisotopic (exact) mass is 249 g/mol. The van der Waals surface area contributed by atoms with E-state index < -0.39 is 11.8 Å². The summed E-state index contributed by atoms with van der Waals surface area (Å²) < 4.78 is 13.4. The van der Waals surface area contributed by atoms with Crippen molar-refractivity contribution in [1.82, 2.24) is 5.32 Å². The topological polar surface area (TPSA) is 49.3 Å². The van der Waals surface area contributed by atoms with Gasteiger partial charge >= 0.3 is 5.97 Å². The van der Waals surface area contributed by atoms with Crippen LogP contribution in [0.15, 0.2) is 18.2 Å². The zero-order valence-corrected chi connectivity index (χ0v) is 10.2. The summed E-state index contributed by atoms with van der Waals surface area (Å²) in [5.74, 6) is 0.602. The van der Waals surface area contributed by atoms with Crippen LogP contribution in [0.2, 0.25) is 0 Å². The van der Waals surface area contributed by atoms with Gasteiger partial charge in [0.2, 0.25) is 0 Å². The molecule has 0 aliphatic heterocycles. The maximum atomic E-state index is 13.4. The number of carbonyl (C=O) groups is 1. The average molecular weight is 249 g/mol. The number of benzene rings is 1. The van der Waals surface area contributed by atoms with Gasteiger partial charge in [0.25, 0.3) is 0 Å². The van der Waals surface area contributed by atoms with Crippen molar-refractivity contribution in [3.63, 3.8) is 0 Å². The summed E-state index contributed by atoms with van der Waals surface area (Å²) in [7, 11) is 0. The summed E-state index contributed by atoms with van der Waals surface area (Å²) in [5, 5.41) is 11.9. The first kappa shape index (κ1) is 14.2. The Bertz CT molecular complexity index is 465. The van der Waals surface area contributed by atoms with Gasteiger partial charge in [0, 0.05) is 19.0 Å². The molecule has 96 valence electrons. The molecule has 0 bridgehead atoms. The Kier molecular flexibility index (Phi) is 5.34. The number of carboxylic acid groups (broad SMARTS) is 1. The standard InChI is InChI=1S/C14H16FNO2/c1-3-5-11(4-2)16-9-10-6-7-12(14(17)18)13(15)8-10/h1,6-8,11,16H,4-5,9H2,2H3,(H,17,18). The molecule has 1 aromatic rings. The van der Waals surface area contributed by atoms with Crippen molar-refractivity contribution in [2.45, 2.75) is 32.4 Å². The molecular formula is C14H16FNO2. The maximum Gasteiger partial charge on any atom is 0.338 e. The van der Waals surface area contributed by atoms with E-state index in [1.165, 1.54) is 12.1 Å². The quantitative estimate of drug-likeness (QED) is 0.761. The lowest BCUT2D eigenvalue weighted by Gasteiger charge is -2.14. The van der Waals surface area contributed by atoms with Gasteiger partial charge in [-0.15, -0.1) is 12.3 Å². The minimum atomic E-state index is -1.26. The average Bonchev–Trinajstić information content (AvgIpc) is 2.34. The number of rotatable bonds is 6. The van der Waals surface area contributed by atoms with E-state index in [0.717, 1.165) is 6.42 Å². The molecule has 0 aliphatic carbocycles. The molecule has 1 aromatic carbocycles. The number of aromatic carboxylic acids is 1. The van der Waals surface area contributed by atoms with Gasteiger partial charge in [-0.2, -0.15) is 0 Å². The van der Waals surface area contributed by atoms with Gasteiger partial charge in [0.1, 0.15) is 5.82 Å². The second kappa shape index (κ2) is 6.77. The van der Waals surface area contributed by atoms with E-state index >= 15 is 0 Å². The Labute approximate surface area is 106 Å². The largest absolute Gasteiger partial charge is 0.478 e. The van der Waals surface area contributed by atoms with Crippen molar-refractivity contribution in [2.24, 2.45) is 0 Å². The predicted molar refractivity (Wildman–Crippen MR) is 67.7 cm³/mol. The van der Waals surface area contributed by atoms with Gasteiger partial charge in [-0.25, -0.2) is 9.18 Å². The van der Waals surface area contributed by atoms with Crippen LogP contribution in [0.25, 0.3) is 0 Å². The summed E-state index contributed by atoms with van der Waals surface area (Å²) in [6.07, 6.45) is 6.74. The fourth-order valence-electron chi connectivity index (χ4n) is 1.61. The van der Waals surface area contributed by atoms with E-state index in [9.17, 15) is 9.18 Å². The zero-order chi connectivity index (χ0) is 13.5. The minimum absolute atomic E-state index is 0.192. The minimum Gasteiger partial charge on any atom is -0.478 e. The summed E-state index contributed by atoms with van der Waals surface area (Å²) >= 11 is 0. The maximum absolute atomic E-state index is 13.4. The van der Waals surface area contributed by atoms with Gasteiger partial charge < -0.3 is 10.4 Å². The molecule has 1 rings (SSSR count). The summed E-state index contributed by atoms with van der Waals surface area (Å²) in [6.45, 7) is 2.49. The molecule has 1 atom stereocenters. The highest BCUT2D eigenvalue weighted by Crippen LogP contribution is 2.11. The molecule has 3 nitrogen and oxygen atoms in total. The fourth-order valence-corrected chi connectivity index (χ4v) is 1.61. The lowest BCUT2D eigenvalue weighted by molar-refractivity contribution is 0.0692. The molecule has 2 N–H and O–H groups in total. The normalized spacial score (nSPS) is 11.8. The van der Waals surface area contributed by atoms with Crippen molar-refractivity contribution in [3.8, 4) is 12.3 Å². The highest BCUT2D eigenvalue weighted by Gasteiger charge is 2.11. The van der Waals surface area contributed by atoms with Crippen molar-refractivity contribution in [2.75, 3.05) is 0 Å². The van der Waals surface area contributed by atoms with Gasteiger partial charge in [-0.05, 0) is 24.1 Å². The van der Waals surface area contributed by atoms with Crippen molar-refractivity contribution >= 4 is 5.97 Å².